The Morgan fingerprint density at radius 3 is 2.62 bits per heavy atom. The van der Waals surface area contributed by atoms with Crippen molar-refractivity contribution in [3.8, 4) is 0 Å². The minimum absolute atomic E-state index is 0.00981. The predicted molar refractivity (Wildman–Crippen MR) is 65.0 cm³/mol. The number of aliphatic hydroxyl groups is 1. The molecule has 1 saturated carbocycles. The highest BCUT2D eigenvalue weighted by Crippen LogP contribution is 2.29. The topological polar surface area (TPSA) is 49.3 Å². The van der Waals surface area contributed by atoms with E-state index in [4.69, 9.17) is 5.11 Å². The highest BCUT2D eigenvalue weighted by Gasteiger charge is 2.25. The van der Waals surface area contributed by atoms with Crippen LogP contribution < -0.4 is 5.32 Å². The Labute approximate surface area is 98.6 Å². The van der Waals surface area contributed by atoms with Gasteiger partial charge >= 0.3 is 0 Å². The lowest BCUT2D eigenvalue weighted by atomic mass is 9.79. The largest absolute Gasteiger partial charge is 0.393 e. The molecule has 0 aromatic heterocycles. The van der Waals surface area contributed by atoms with E-state index in [0.717, 1.165) is 18.8 Å². The molecule has 3 heteroatoms. The van der Waals surface area contributed by atoms with Crippen molar-refractivity contribution in [1.82, 2.24) is 5.32 Å². The molecule has 2 N–H and O–H groups in total. The molecule has 0 saturated heterocycles. The van der Waals surface area contributed by atoms with Crippen LogP contribution in [0.25, 0.3) is 0 Å². The fraction of sp³-hybridized carbons (Fsp3) is 0.923. The van der Waals surface area contributed by atoms with Gasteiger partial charge in [-0.25, -0.2) is 0 Å². The molecule has 16 heavy (non-hydrogen) atoms. The van der Waals surface area contributed by atoms with Gasteiger partial charge in [-0.1, -0.05) is 26.7 Å². The normalized spacial score (nSPS) is 27.8. The van der Waals surface area contributed by atoms with Crippen LogP contribution in [0.5, 0.6) is 0 Å². The van der Waals surface area contributed by atoms with Gasteiger partial charge < -0.3 is 10.4 Å². The molecule has 1 aliphatic carbocycles. The minimum atomic E-state index is -0.538. The second-order valence-corrected chi connectivity index (χ2v) is 5.49. The van der Waals surface area contributed by atoms with Crippen molar-refractivity contribution in [2.75, 3.05) is 0 Å². The lowest BCUT2D eigenvalue weighted by Crippen LogP contribution is -2.40. The van der Waals surface area contributed by atoms with E-state index in [1.54, 1.807) is 6.92 Å². The zero-order chi connectivity index (χ0) is 12.1. The van der Waals surface area contributed by atoms with Gasteiger partial charge in [-0.15, -0.1) is 0 Å². The third kappa shape index (κ3) is 4.52. The number of hydrogen-bond acceptors (Lipinski definition) is 2. The summed E-state index contributed by atoms with van der Waals surface area (Å²) >= 11 is 0. The first-order valence-electron chi connectivity index (χ1n) is 6.46. The molecule has 0 spiro atoms. The summed E-state index contributed by atoms with van der Waals surface area (Å²) < 4.78 is 0. The van der Waals surface area contributed by atoms with Gasteiger partial charge in [0, 0.05) is 6.04 Å². The number of nitrogens with one attached hydrogen (secondary N) is 1. The summed E-state index contributed by atoms with van der Waals surface area (Å²) in [5.41, 5.74) is 0. The maximum absolute atomic E-state index is 11.5. The molecular formula is C13H25NO2. The van der Waals surface area contributed by atoms with Crippen LogP contribution >= 0.6 is 0 Å². The van der Waals surface area contributed by atoms with Crippen molar-refractivity contribution in [3.63, 3.8) is 0 Å². The highest BCUT2D eigenvalue weighted by atomic mass is 16.3. The Morgan fingerprint density at radius 2 is 2.06 bits per heavy atom. The van der Waals surface area contributed by atoms with Crippen LogP contribution in [-0.4, -0.2) is 23.2 Å². The number of hydrogen-bond donors (Lipinski definition) is 2. The number of amides is 1. The molecular weight excluding hydrogens is 202 g/mol. The summed E-state index contributed by atoms with van der Waals surface area (Å²) in [7, 11) is 0. The van der Waals surface area contributed by atoms with Gasteiger partial charge in [0.05, 0.1) is 12.5 Å². The van der Waals surface area contributed by atoms with Gasteiger partial charge in [0.2, 0.25) is 5.91 Å². The molecule has 0 radical (unpaired) electrons. The van der Waals surface area contributed by atoms with Crippen molar-refractivity contribution in [1.29, 1.82) is 0 Å². The van der Waals surface area contributed by atoms with Crippen LogP contribution in [0.3, 0.4) is 0 Å². The van der Waals surface area contributed by atoms with Crippen LogP contribution in [0.4, 0.5) is 0 Å². The Hall–Kier alpha value is -0.570. The monoisotopic (exact) mass is 227 g/mol. The van der Waals surface area contributed by atoms with E-state index in [-0.39, 0.29) is 12.3 Å². The van der Waals surface area contributed by atoms with Crippen molar-refractivity contribution in [3.05, 3.63) is 0 Å². The zero-order valence-corrected chi connectivity index (χ0v) is 10.7. The van der Waals surface area contributed by atoms with Crippen LogP contribution in [-0.2, 0) is 4.79 Å². The van der Waals surface area contributed by atoms with E-state index in [1.165, 1.54) is 12.8 Å². The van der Waals surface area contributed by atoms with Gasteiger partial charge in [0.1, 0.15) is 0 Å². The molecule has 0 aliphatic heterocycles. The predicted octanol–water partition coefficient (Wildman–Crippen LogP) is 2.09. The summed E-state index contributed by atoms with van der Waals surface area (Å²) in [6, 6.07) is 0.326. The van der Waals surface area contributed by atoms with Gasteiger partial charge in [-0.2, -0.15) is 0 Å². The molecule has 1 fully saturated rings. The zero-order valence-electron chi connectivity index (χ0n) is 10.7. The molecule has 1 amide bonds. The molecule has 3 nitrogen and oxygen atoms in total. The lowest BCUT2D eigenvalue weighted by molar-refractivity contribution is -0.123. The number of aliphatic hydroxyl groups excluding tert-OH is 1. The molecule has 1 aliphatic rings. The smallest absolute Gasteiger partial charge is 0.222 e. The fourth-order valence-electron chi connectivity index (χ4n) is 2.52. The number of carbonyl (C=O) groups excluding carboxylic acids is 1. The van der Waals surface area contributed by atoms with E-state index < -0.39 is 6.10 Å². The maximum atomic E-state index is 11.5. The molecule has 0 heterocycles. The lowest BCUT2D eigenvalue weighted by Gasteiger charge is -2.32. The van der Waals surface area contributed by atoms with E-state index in [1.807, 2.05) is 0 Å². The average Bonchev–Trinajstić information content (AvgIpc) is 2.16. The summed E-state index contributed by atoms with van der Waals surface area (Å²) in [5, 5.41) is 12.2. The van der Waals surface area contributed by atoms with Crippen LogP contribution in [0.2, 0.25) is 0 Å². The summed E-state index contributed by atoms with van der Waals surface area (Å²) in [4.78, 5) is 11.5. The fourth-order valence-corrected chi connectivity index (χ4v) is 2.52. The van der Waals surface area contributed by atoms with Crippen molar-refractivity contribution in [2.24, 2.45) is 11.8 Å². The van der Waals surface area contributed by atoms with E-state index in [0.29, 0.717) is 12.0 Å². The molecule has 1 rings (SSSR count). The van der Waals surface area contributed by atoms with Crippen LogP contribution in [0.15, 0.2) is 0 Å². The van der Waals surface area contributed by atoms with Gasteiger partial charge in [-0.05, 0) is 31.6 Å². The second kappa shape index (κ2) is 6.24. The van der Waals surface area contributed by atoms with Crippen molar-refractivity contribution >= 4 is 5.91 Å². The van der Waals surface area contributed by atoms with Crippen molar-refractivity contribution in [2.45, 2.75) is 65.0 Å². The van der Waals surface area contributed by atoms with Gasteiger partial charge in [-0.3, -0.25) is 4.79 Å². The molecule has 0 aromatic carbocycles. The molecule has 0 aromatic rings. The van der Waals surface area contributed by atoms with Crippen LogP contribution in [0.1, 0.15) is 52.9 Å². The van der Waals surface area contributed by atoms with Gasteiger partial charge in [0.15, 0.2) is 0 Å². The average molecular weight is 227 g/mol. The Kier molecular flexibility index (Phi) is 5.26. The van der Waals surface area contributed by atoms with E-state index in [9.17, 15) is 4.79 Å². The molecule has 3 unspecified atom stereocenters. The number of carbonyl (C=O) groups is 1. The summed E-state index contributed by atoms with van der Waals surface area (Å²) in [6.07, 6.45) is 4.38. The third-order valence-corrected chi connectivity index (χ3v) is 3.50. The highest BCUT2D eigenvalue weighted by molar-refractivity contribution is 5.76. The number of rotatable bonds is 4. The second-order valence-electron chi connectivity index (χ2n) is 5.49. The van der Waals surface area contributed by atoms with Crippen LogP contribution in [0, 0.1) is 11.8 Å². The van der Waals surface area contributed by atoms with E-state index >= 15 is 0 Å². The minimum Gasteiger partial charge on any atom is -0.393 e. The standard InChI is InChI=1S/C13H25NO2/c1-9(2)11-5-4-6-12(8-11)14-13(16)7-10(3)15/h9-12,15H,4-8H2,1-3H3,(H,14,16). The first-order valence-corrected chi connectivity index (χ1v) is 6.46. The maximum Gasteiger partial charge on any atom is 0.222 e. The Bertz CT molecular complexity index is 226. The summed E-state index contributed by atoms with van der Waals surface area (Å²) in [5.74, 6) is 1.44. The SMILES string of the molecule is CC(O)CC(=O)NC1CCCC(C(C)C)C1. The molecule has 0 bridgehead atoms. The molecule has 94 valence electrons. The Balaban J connectivity index is 2.34. The Morgan fingerprint density at radius 1 is 1.38 bits per heavy atom. The quantitative estimate of drug-likeness (QED) is 0.772. The first kappa shape index (κ1) is 13.5. The molecule has 3 atom stereocenters. The van der Waals surface area contributed by atoms with E-state index in [2.05, 4.69) is 19.2 Å². The summed E-state index contributed by atoms with van der Waals surface area (Å²) in [6.45, 7) is 6.16. The van der Waals surface area contributed by atoms with Gasteiger partial charge in [0.25, 0.3) is 0 Å². The first-order chi connectivity index (χ1) is 7.49. The van der Waals surface area contributed by atoms with Crippen molar-refractivity contribution < 1.29 is 9.90 Å². The third-order valence-electron chi connectivity index (χ3n) is 3.50.